The molecule has 0 radical (unpaired) electrons. The maximum absolute atomic E-state index is 14.2. The molecule has 0 N–H and O–H groups in total. The summed E-state index contributed by atoms with van der Waals surface area (Å²) in [7, 11) is 0. The molecule has 1 heterocycles. The zero-order valence-electron chi connectivity index (χ0n) is 17.7. The van der Waals surface area contributed by atoms with Gasteiger partial charge in [-0.2, -0.15) is 8.78 Å². The van der Waals surface area contributed by atoms with Crippen molar-refractivity contribution in [2.75, 3.05) is 19.8 Å². The molecule has 0 spiro atoms. The number of allylic oxidation sites excluding steroid dienone is 2. The molecule has 29 heavy (non-hydrogen) atoms. The minimum Gasteiger partial charge on any atom is -0.490 e. The third-order valence-electron chi connectivity index (χ3n) is 6.16. The number of hydrogen-bond acceptors (Lipinski definition) is 3. The van der Waals surface area contributed by atoms with Gasteiger partial charge in [0.05, 0.1) is 25.9 Å². The van der Waals surface area contributed by atoms with Gasteiger partial charge < -0.3 is 14.2 Å². The molecule has 5 heteroatoms. The monoisotopic (exact) mass is 408 g/mol. The minimum absolute atomic E-state index is 0.0595. The van der Waals surface area contributed by atoms with Gasteiger partial charge in [-0.15, -0.1) is 0 Å². The molecule has 2 fully saturated rings. The first kappa shape index (κ1) is 22.1. The van der Waals surface area contributed by atoms with E-state index in [2.05, 4.69) is 19.1 Å². The maximum Gasteiger partial charge on any atom is 0.204 e. The van der Waals surface area contributed by atoms with Crippen LogP contribution in [0.15, 0.2) is 24.3 Å². The Labute approximate surface area is 173 Å². The average Bonchev–Trinajstić information content (AvgIpc) is 2.75. The van der Waals surface area contributed by atoms with E-state index in [4.69, 9.17) is 14.2 Å². The SMILES string of the molecule is CC=CC1CCC(C2CCC(COc3ccc(OCCC)c(F)c3F)CO2)CC1. The van der Waals surface area contributed by atoms with Crippen molar-refractivity contribution in [3.63, 3.8) is 0 Å². The summed E-state index contributed by atoms with van der Waals surface area (Å²) in [4.78, 5) is 0. The summed E-state index contributed by atoms with van der Waals surface area (Å²) in [5, 5.41) is 0. The molecule has 1 aliphatic carbocycles. The number of hydrogen-bond donors (Lipinski definition) is 0. The topological polar surface area (TPSA) is 27.7 Å². The number of ether oxygens (including phenoxy) is 3. The Bertz CT molecular complexity index is 660. The summed E-state index contributed by atoms with van der Waals surface area (Å²) in [6.07, 6.45) is 12.6. The lowest BCUT2D eigenvalue weighted by atomic mass is 9.77. The second kappa shape index (κ2) is 11.0. The molecule has 0 amide bonds. The van der Waals surface area contributed by atoms with E-state index in [0.717, 1.165) is 25.2 Å². The average molecular weight is 409 g/mol. The van der Waals surface area contributed by atoms with Gasteiger partial charge in [-0.3, -0.25) is 0 Å². The lowest BCUT2D eigenvalue weighted by molar-refractivity contribution is -0.0643. The van der Waals surface area contributed by atoms with E-state index in [1.165, 1.54) is 37.8 Å². The van der Waals surface area contributed by atoms with Gasteiger partial charge in [0.1, 0.15) is 0 Å². The summed E-state index contributed by atoms with van der Waals surface area (Å²) >= 11 is 0. The van der Waals surface area contributed by atoms with Gasteiger partial charge in [0.15, 0.2) is 11.5 Å². The number of benzene rings is 1. The normalized spacial score (nSPS) is 27.9. The van der Waals surface area contributed by atoms with Crippen LogP contribution in [0.4, 0.5) is 8.78 Å². The summed E-state index contributed by atoms with van der Waals surface area (Å²) in [5.41, 5.74) is 0. The van der Waals surface area contributed by atoms with Crippen molar-refractivity contribution in [3.8, 4) is 11.5 Å². The molecule has 0 bridgehead atoms. The molecule has 1 aliphatic heterocycles. The Balaban J connectivity index is 1.43. The highest BCUT2D eigenvalue weighted by molar-refractivity contribution is 5.35. The van der Waals surface area contributed by atoms with Crippen molar-refractivity contribution in [2.45, 2.75) is 64.9 Å². The third kappa shape index (κ3) is 5.94. The molecule has 162 valence electrons. The highest BCUT2D eigenvalue weighted by Crippen LogP contribution is 2.36. The summed E-state index contributed by atoms with van der Waals surface area (Å²) in [6, 6.07) is 2.87. The molecule has 1 saturated heterocycles. The zero-order valence-corrected chi connectivity index (χ0v) is 17.7. The van der Waals surface area contributed by atoms with Gasteiger partial charge in [-0.1, -0.05) is 19.1 Å². The van der Waals surface area contributed by atoms with Crippen LogP contribution < -0.4 is 9.47 Å². The molecule has 2 aliphatic rings. The molecule has 2 unspecified atom stereocenters. The fourth-order valence-electron chi connectivity index (χ4n) is 4.47. The second-order valence-electron chi connectivity index (χ2n) is 8.37. The quantitative estimate of drug-likeness (QED) is 0.472. The lowest BCUT2D eigenvalue weighted by Crippen LogP contribution is -2.35. The fourth-order valence-corrected chi connectivity index (χ4v) is 4.47. The largest absolute Gasteiger partial charge is 0.490 e. The Kier molecular flexibility index (Phi) is 8.34. The van der Waals surface area contributed by atoms with Crippen LogP contribution in [0, 0.1) is 29.4 Å². The predicted molar refractivity (Wildman–Crippen MR) is 110 cm³/mol. The van der Waals surface area contributed by atoms with Gasteiger partial charge in [-0.05, 0) is 75.8 Å². The van der Waals surface area contributed by atoms with Crippen LogP contribution in [0.3, 0.4) is 0 Å². The van der Waals surface area contributed by atoms with E-state index >= 15 is 0 Å². The highest BCUT2D eigenvalue weighted by Gasteiger charge is 2.31. The molecule has 1 aromatic carbocycles. The first-order valence-electron chi connectivity index (χ1n) is 11.1. The van der Waals surface area contributed by atoms with E-state index in [1.807, 2.05) is 6.92 Å². The van der Waals surface area contributed by atoms with Crippen LogP contribution in [0.5, 0.6) is 11.5 Å². The van der Waals surface area contributed by atoms with E-state index in [9.17, 15) is 8.78 Å². The van der Waals surface area contributed by atoms with Crippen molar-refractivity contribution in [1.29, 1.82) is 0 Å². The van der Waals surface area contributed by atoms with Crippen molar-refractivity contribution >= 4 is 0 Å². The highest BCUT2D eigenvalue weighted by atomic mass is 19.2. The first-order chi connectivity index (χ1) is 14.1. The Morgan fingerprint density at radius 2 is 1.69 bits per heavy atom. The van der Waals surface area contributed by atoms with Crippen molar-refractivity contribution in [1.82, 2.24) is 0 Å². The van der Waals surface area contributed by atoms with Crippen molar-refractivity contribution in [2.24, 2.45) is 17.8 Å². The molecule has 1 saturated carbocycles. The molecule has 3 nitrogen and oxygen atoms in total. The van der Waals surface area contributed by atoms with Gasteiger partial charge in [0, 0.05) is 5.92 Å². The van der Waals surface area contributed by atoms with Crippen LogP contribution in [0.2, 0.25) is 0 Å². The van der Waals surface area contributed by atoms with Crippen LogP contribution in [-0.2, 0) is 4.74 Å². The molecular weight excluding hydrogens is 374 g/mol. The van der Waals surface area contributed by atoms with Crippen molar-refractivity contribution < 1.29 is 23.0 Å². The zero-order chi connectivity index (χ0) is 20.6. The van der Waals surface area contributed by atoms with E-state index < -0.39 is 11.6 Å². The summed E-state index contributed by atoms with van der Waals surface area (Å²) < 4.78 is 45.2. The molecule has 0 aromatic heterocycles. The Morgan fingerprint density at radius 1 is 1.00 bits per heavy atom. The summed E-state index contributed by atoms with van der Waals surface area (Å²) in [5.74, 6) is -0.490. The van der Waals surface area contributed by atoms with E-state index in [0.29, 0.717) is 31.8 Å². The standard InChI is InChI=1S/C24H34F2O3/c1-3-5-17-6-9-19(10-7-17)20-11-8-18(15-28-20)16-29-22-13-12-21(27-14-4-2)23(25)24(22)26/h3,5,12-13,17-20H,4,6-11,14-16H2,1-2H3. The predicted octanol–water partition coefficient (Wildman–Crippen LogP) is 6.31. The van der Waals surface area contributed by atoms with Crippen LogP contribution >= 0.6 is 0 Å². The van der Waals surface area contributed by atoms with E-state index in [-0.39, 0.29) is 17.4 Å². The van der Waals surface area contributed by atoms with Crippen LogP contribution in [0.25, 0.3) is 0 Å². The Hall–Kier alpha value is -1.62. The molecule has 2 atom stereocenters. The first-order valence-corrected chi connectivity index (χ1v) is 11.1. The smallest absolute Gasteiger partial charge is 0.204 e. The Morgan fingerprint density at radius 3 is 2.28 bits per heavy atom. The lowest BCUT2D eigenvalue weighted by Gasteiger charge is -2.37. The second-order valence-corrected chi connectivity index (χ2v) is 8.37. The van der Waals surface area contributed by atoms with Gasteiger partial charge in [0.2, 0.25) is 11.6 Å². The molecule has 1 aromatic rings. The molecular formula is C24H34F2O3. The van der Waals surface area contributed by atoms with Crippen LogP contribution in [0.1, 0.15) is 58.8 Å². The van der Waals surface area contributed by atoms with Crippen molar-refractivity contribution in [3.05, 3.63) is 35.9 Å². The minimum atomic E-state index is -0.982. The van der Waals surface area contributed by atoms with E-state index in [1.54, 1.807) is 0 Å². The van der Waals surface area contributed by atoms with Gasteiger partial charge >= 0.3 is 0 Å². The maximum atomic E-state index is 14.2. The number of halogens is 2. The van der Waals surface area contributed by atoms with Gasteiger partial charge in [0.25, 0.3) is 0 Å². The van der Waals surface area contributed by atoms with Crippen LogP contribution in [-0.4, -0.2) is 25.9 Å². The molecule has 3 rings (SSSR count). The number of rotatable bonds is 8. The third-order valence-corrected chi connectivity index (χ3v) is 6.16. The van der Waals surface area contributed by atoms with Gasteiger partial charge in [-0.25, -0.2) is 0 Å². The summed E-state index contributed by atoms with van der Waals surface area (Å²) in [6.45, 7) is 5.33. The fraction of sp³-hybridized carbons (Fsp3) is 0.667.